The zero-order chi connectivity index (χ0) is 16.2. The Morgan fingerprint density at radius 2 is 0.958 bits per heavy atom. The van der Waals surface area contributed by atoms with Gasteiger partial charge in [0.05, 0.1) is 0 Å². The van der Waals surface area contributed by atoms with Gasteiger partial charge in [0.1, 0.15) is 6.17 Å². The van der Waals surface area contributed by atoms with E-state index in [4.69, 9.17) is 0 Å². The molecular weight excluding hydrogens is 292 g/mol. The lowest BCUT2D eigenvalue weighted by Gasteiger charge is -2.46. The second kappa shape index (κ2) is 6.79. The van der Waals surface area contributed by atoms with E-state index in [1.807, 2.05) is 0 Å². The maximum Gasteiger partial charge on any atom is 0.128 e. The third-order valence-corrected chi connectivity index (χ3v) is 4.66. The van der Waals surface area contributed by atoms with Crippen LogP contribution in [0.2, 0.25) is 0 Å². The van der Waals surface area contributed by atoms with E-state index in [1.54, 1.807) is 0 Å². The molecule has 3 aromatic carbocycles. The highest BCUT2D eigenvalue weighted by Crippen LogP contribution is 2.36. The van der Waals surface area contributed by atoms with Crippen LogP contribution in [0.1, 0.15) is 18.2 Å². The number of benzene rings is 3. The van der Waals surface area contributed by atoms with Crippen LogP contribution in [0.15, 0.2) is 91.0 Å². The van der Waals surface area contributed by atoms with Crippen LogP contribution in [0.5, 0.6) is 0 Å². The van der Waals surface area contributed by atoms with Crippen LogP contribution < -0.4 is 9.80 Å². The summed E-state index contributed by atoms with van der Waals surface area (Å²) < 4.78 is 0. The van der Waals surface area contributed by atoms with Crippen LogP contribution in [0.3, 0.4) is 0 Å². The van der Waals surface area contributed by atoms with Crippen molar-refractivity contribution in [3.05, 3.63) is 96.6 Å². The summed E-state index contributed by atoms with van der Waals surface area (Å²) in [5, 5.41) is 0. The van der Waals surface area contributed by atoms with Gasteiger partial charge in [0.25, 0.3) is 0 Å². The van der Waals surface area contributed by atoms with E-state index in [-0.39, 0.29) is 6.17 Å². The Morgan fingerprint density at radius 3 is 1.42 bits per heavy atom. The van der Waals surface area contributed by atoms with Crippen LogP contribution in [0.4, 0.5) is 11.4 Å². The number of nitrogens with zero attached hydrogens (tertiary/aromatic N) is 2. The van der Waals surface area contributed by atoms with Gasteiger partial charge in [-0.05, 0) is 36.2 Å². The second-order valence-electron chi connectivity index (χ2n) is 6.20. The summed E-state index contributed by atoms with van der Waals surface area (Å²) in [5.74, 6) is 0. The van der Waals surface area contributed by atoms with Crippen LogP contribution in [-0.4, -0.2) is 13.1 Å². The molecule has 0 radical (unpaired) electrons. The first kappa shape index (κ1) is 14.8. The summed E-state index contributed by atoms with van der Waals surface area (Å²) in [7, 11) is 0. The molecule has 3 aromatic rings. The van der Waals surface area contributed by atoms with Crippen molar-refractivity contribution in [2.75, 3.05) is 22.9 Å². The minimum Gasteiger partial charge on any atom is -0.347 e. The molecule has 0 bridgehead atoms. The minimum atomic E-state index is 0.227. The highest BCUT2D eigenvalue weighted by molar-refractivity contribution is 5.57. The molecule has 0 unspecified atom stereocenters. The van der Waals surface area contributed by atoms with Gasteiger partial charge in [-0.25, -0.2) is 0 Å². The summed E-state index contributed by atoms with van der Waals surface area (Å²) in [4.78, 5) is 5.04. The quantitative estimate of drug-likeness (QED) is 0.663. The highest BCUT2D eigenvalue weighted by atomic mass is 15.4. The molecular formula is C22H22N2. The molecule has 24 heavy (non-hydrogen) atoms. The smallest absolute Gasteiger partial charge is 0.128 e. The lowest BCUT2D eigenvalue weighted by Crippen LogP contribution is -2.48. The van der Waals surface area contributed by atoms with Gasteiger partial charge in [0.2, 0.25) is 0 Å². The Morgan fingerprint density at radius 1 is 0.542 bits per heavy atom. The van der Waals surface area contributed by atoms with Gasteiger partial charge >= 0.3 is 0 Å². The topological polar surface area (TPSA) is 6.48 Å². The number of rotatable bonds is 3. The molecule has 1 saturated heterocycles. The van der Waals surface area contributed by atoms with E-state index in [0.717, 1.165) is 19.5 Å². The molecule has 120 valence electrons. The average Bonchev–Trinajstić information content (AvgIpc) is 2.69. The van der Waals surface area contributed by atoms with E-state index in [1.165, 1.54) is 16.9 Å². The molecule has 0 amide bonds. The summed E-state index contributed by atoms with van der Waals surface area (Å²) in [6.07, 6.45) is 1.39. The van der Waals surface area contributed by atoms with Crippen molar-refractivity contribution in [3.8, 4) is 0 Å². The number of hydrogen-bond acceptors (Lipinski definition) is 2. The van der Waals surface area contributed by atoms with Crippen molar-refractivity contribution in [1.29, 1.82) is 0 Å². The summed E-state index contributed by atoms with van der Waals surface area (Å²) in [6, 6.07) is 32.3. The van der Waals surface area contributed by atoms with Crippen LogP contribution >= 0.6 is 0 Å². The van der Waals surface area contributed by atoms with E-state index < -0.39 is 0 Å². The van der Waals surface area contributed by atoms with Gasteiger partial charge < -0.3 is 9.80 Å². The molecule has 4 rings (SSSR count). The maximum absolute atomic E-state index is 2.52. The maximum atomic E-state index is 2.52. The van der Waals surface area contributed by atoms with Gasteiger partial charge in [0.15, 0.2) is 0 Å². The number of para-hydroxylation sites is 2. The lowest BCUT2D eigenvalue weighted by atomic mass is 10.0. The third kappa shape index (κ3) is 2.88. The summed E-state index contributed by atoms with van der Waals surface area (Å²) in [6.45, 7) is 2.15. The molecule has 0 saturated carbocycles. The van der Waals surface area contributed by atoms with Gasteiger partial charge in [-0.1, -0.05) is 66.7 Å². The Bertz CT molecular complexity index is 708. The molecule has 0 aromatic heterocycles. The van der Waals surface area contributed by atoms with E-state index >= 15 is 0 Å². The zero-order valence-electron chi connectivity index (χ0n) is 13.8. The molecule has 0 spiro atoms. The Balaban J connectivity index is 1.79. The average molecular weight is 314 g/mol. The largest absolute Gasteiger partial charge is 0.347 e. The predicted molar refractivity (Wildman–Crippen MR) is 101 cm³/mol. The molecule has 0 N–H and O–H groups in total. The number of anilines is 2. The molecule has 1 heterocycles. The normalized spacial score (nSPS) is 15.5. The summed E-state index contributed by atoms with van der Waals surface area (Å²) >= 11 is 0. The monoisotopic (exact) mass is 314 g/mol. The first-order valence-corrected chi connectivity index (χ1v) is 8.62. The van der Waals surface area contributed by atoms with E-state index in [0.29, 0.717) is 0 Å². The van der Waals surface area contributed by atoms with Gasteiger partial charge in [0, 0.05) is 24.5 Å². The van der Waals surface area contributed by atoms with Crippen molar-refractivity contribution >= 4 is 11.4 Å². The van der Waals surface area contributed by atoms with E-state index in [2.05, 4.69) is 101 Å². The first-order chi connectivity index (χ1) is 11.9. The Hall–Kier alpha value is -2.74. The molecule has 2 heteroatoms. The Kier molecular flexibility index (Phi) is 4.20. The summed E-state index contributed by atoms with van der Waals surface area (Å²) in [5.41, 5.74) is 3.91. The molecule has 1 fully saturated rings. The molecule has 2 nitrogen and oxygen atoms in total. The first-order valence-electron chi connectivity index (χ1n) is 8.62. The molecule has 0 atom stereocenters. The van der Waals surface area contributed by atoms with Gasteiger partial charge in [-0.2, -0.15) is 0 Å². The van der Waals surface area contributed by atoms with Crippen molar-refractivity contribution < 1.29 is 0 Å². The lowest BCUT2D eigenvalue weighted by molar-refractivity contribution is 0.503. The standard InChI is InChI=1S/C22H22N2/c1-4-11-19(12-5-1)22-23(20-13-6-2-7-14-20)17-10-18-24(22)21-15-8-3-9-16-21/h1-9,11-16,22H,10,17-18H2. The predicted octanol–water partition coefficient (Wildman–Crippen LogP) is 5.10. The van der Waals surface area contributed by atoms with Crippen LogP contribution in [-0.2, 0) is 0 Å². The minimum absolute atomic E-state index is 0.227. The fourth-order valence-corrected chi connectivity index (χ4v) is 3.59. The second-order valence-corrected chi connectivity index (χ2v) is 6.20. The zero-order valence-corrected chi connectivity index (χ0v) is 13.8. The highest BCUT2D eigenvalue weighted by Gasteiger charge is 2.30. The van der Waals surface area contributed by atoms with Gasteiger partial charge in [-0.15, -0.1) is 0 Å². The third-order valence-electron chi connectivity index (χ3n) is 4.66. The fraction of sp³-hybridized carbons (Fsp3) is 0.182. The van der Waals surface area contributed by atoms with Crippen molar-refractivity contribution in [2.24, 2.45) is 0 Å². The fourth-order valence-electron chi connectivity index (χ4n) is 3.59. The van der Waals surface area contributed by atoms with Crippen LogP contribution in [0.25, 0.3) is 0 Å². The van der Waals surface area contributed by atoms with Crippen molar-refractivity contribution in [2.45, 2.75) is 12.6 Å². The van der Waals surface area contributed by atoms with Crippen molar-refractivity contribution in [3.63, 3.8) is 0 Å². The Labute approximate surface area is 144 Å². The SMILES string of the molecule is c1ccc(C2N(c3ccccc3)CCCN2c2ccccc2)cc1. The molecule has 1 aliphatic rings. The van der Waals surface area contributed by atoms with Gasteiger partial charge in [-0.3, -0.25) is 0 Å². The van der Waals surface area contributed by atoms with Crippen LogP contribution in [0, 0.1) is 0 Å². The van der Waals surface area contributed by atoms with E-state index in [9.17, 15) is 0 Å². The number of hydrogen-bond donors (Lipinski definition) is 0. The molecule has 1 aliphatic heterocycles. The molecule has 0 aliphatic carbocycles. The van der Waals surface area contributed by atoms with Crippen molar-refractivity contribution in [1.82, 2.24) is 0 Å².